The molecule has 1 heterocycles. The van der Waals surface area contributed by atoms with E-state index >= 15 is 0 Å². The van der Waals surface area contributed by atoms with Gasteiger partial charge in [0.05, 0.1) is 5.56 Å². The number of para-hydroxylation sites is 1. The Bertz CT molecular complexity index is 895. The minimum atomic E-state index is -0.173. The quantitative estimate of drug-likeness (QED) is 0.642. The predicted octanol–water partition coefficient (Wildman–Crippen LogP) is 4.66. The fraction of sp³-hybridized carbons (Fsp3) is 0.143. The summed E-state index contributed by atoms with van der Waals surface area (Å²) in [6, 6.07) is 19.0. The van der Waals surface area contributed by atoms with Crippen molar-refractivity contribution in [2.24, 2.45) is 0 Å². The number of benzene rings is 2. The topological polar surface area (TPSA) is 51.2 Å². The molecule has 0 saturated carbocycles. The van der Waals surface area contributed by atoms with Crippen LogP contribution in [0.15, 0.2) is 71.3 Å². The molecule has 0 aliphatic carbocycles. The summed E-state index contributed by atoms with van der Waals surface area (Å²) in [7, 11) is 0. The smallest absolute Gasteiger partial charge is 0.255 e. The molecule has 0 atom stereocenters. The van der Waals surface area contributed by atoms with E-state index in [0.717, 1.165) is 21.3 Å². The molecule has 0 aliphatic heterocycles. The molecule has 0 saturated heterocycles. The third-order valence-corrected chi connectivity index (χ3v) is 4.67. The third-order valence-electron chi connectivity index (χ3n) is 3.90. The molecule has 0 unspecified atom stereocenters. The minimum absolute atomic E-state index is 0.173. The second-order valence-corrected chi connectivity index (χ2v) is 6.72. The second-order valence-electron chi connectivity index (χ2n) is 5.87. The Morgan fingerprint density at radius 1 is 1.08 bits per heavy atom. The summed E-state index contributed by atoms with van der Waals surface area (Å²) in [5.74, 6) is 0.385. The number of halogens is 1. The van der Waals surface area contributed by atoms with Crippen molar-refractivity contribution in [3.8, 4) is 5.75 Å². The van der Waals surface area contributed by atoms with Crippen LogP contribution in [0.3, 0.4) is 0 Å². The standard InChI is InChI=1S/C21H19BrN2O2/c1-15-10-11-16(12-23-15)13-24-21(25)18-7-3-5-9-20(18)26-14-17-6-2-4-8-19(17)22/h2-12H,13-14H2,1H3,(H,24,25). The lowest BCUT2D eigenvalue weighted by Crippen LogP contribution is -2.23. The molecule has 3 rings (SSSR count). The molecule has 1 aromatic heterocycles. The van der Waals surface area contributed by atoms with Crippen molar-refractivity contribution in [1.82, 2.24) is 10.3 Å². The summed E-state index contributed by atoms with van der Waals surface area (Å²) >= 11 is 3.51. The molecule has 0 radical (unpaired) electrons. The minimum Gasteiger partial charge on any atom is -0.488 e. The van der Waals surface area contributed by atoms with Crippen LogP contribution in [0.5, 0.6) is 5.75 Å². The first-order valence-electron chi connectivity index (χ1n) is 8.28. The largest absolute Gasteiger partial charge is 0.488 e. The molecule has 0 spiro atoms. The van der Waals surface area contributed by atoms with Gasteiger partial charge in [0.15, 0.2) is 0 Å². The van der Waals surface area contributed by atoms with Crippen molar-refractivity contribution in [2.45, 2.75) is 20.1 Å². The number of aromatic nitrogens is 1. The van der Waals surface area contributed by atoms with E-state index < -0.39 is 0 Å². The van der Waals surface area contributed by atoms with Gasteiger partial charge in [0, 0.05) is 28.5 Å². The maximum atomic E-state index is 12.6. The number of hydrogen-bond donors (Lipinski definition) is 1. The van der Waals surface area contributed by atoms with E-state index in [1.54, 1.807) is 18.3 Å². The molecule has 0 bridgehead atoms. The molecule has 132 valence electrons. The van der Waals surface area contributed by atoms with Gasteiger partial charge in [-0.1, -0.05) is 52.3 Å². The Balaban J connectivity index is 1.67. The van der Waals surface area contributed by atoms with Crippen molar-refractivity contribution >= 4 is 21.8 Å². The summed E-state index contributed by atoms with van der Waals surface area (Å²) < 4.78 is 6.87. The number of nitrogens with one attached hydrogen (secondary N) is 1. The molecule has 5 heteroatoms. The molecule has 0 aliphatic rings. The Hall–Kier alpha value is -2.66. The number of ether oxygens (including phenoxy) is 1. The third kappa shape index (κ3) is 4.70. The van der Waals surface area contributed by atoms with Gasteiger partial charge in [0.25, 0.3) is 5.91 Å². The number of rotatable bonds is 6. The van der Waals surface area contributed by atoms with Crippen LogP contribution in [-0.2, 0) is 13.2 Å². The van der Waals surface area contributed by atoms with E-state index in [1.165, 1.54) is 0 Å². The van der Waals surface area contributed by atoms with Gasteiger partial charge >= 0.3 is 0 Å². The van der Waals surface area contributed by atoms with E-state index in [1.807, 2.05) is 55.5 Å². The van der Waals surface area contributed by atoms with Crippen LogP contribution in [0.2, 0.25) is 0 Å². The molecule has 2 aromatic carbocycles. The zero-order chi connectivity index (χ0) is 18.4. The highest BCUT2D eigenvalue weighted by Gasteiger charge is 2.12. The van der Waals surface area contributed by atoms with Gasteiger partial charge in [-0.2, -0.15) is 0 Å². The summed E-state index contributed by atoms with van der Waals surface area (Å²) in [6.45, 7) is 2.74. The van der Waals surface area contributed by atoms with Crippen LogP contribution in [0.1, 0.15) is 27.2 Å². The molecule has 1 N–H and O–H groups in total. The Morgan fingerprint density at radius 2 is 1.85 bits per heavy atom. The van der Waals surface area contributed by atoms with Crippen LogP contribution in [0.25, 0.3) is 0 Å². The Labute approximate surface area is 161 Å². The lowest BCUT2D eigenvalue weighted by atomic mass is 10.1. The summed E-state index contributed by atoms with van der Waals surface area (Å²) in [5.41, 5.74) is 3.44. The zero-order valence-corrected chi connectivity index (χ0v) is 16.0. The van der Waals surface area contributed by atoms with Crippen molar-refractivity contribution in [3.63, 3.8) is 0 Å². The lowest BCUT2D eigenvalue weighted by Gasteiger charge is -2.12. The first kappa shape index (κ1) is 18.1. The molecule has 0 fully saturated rings. The number of pyridine rings is 1. The van der Waals surface area contributed by atoms with Gasteiger partial charge in [-0.05, 0) is 36.8 Å². The summed E-state index contributed by atoms with van der Waals surface area (Å²) in [4.78, 5) is 16.8. The van der Waals surface area contributed by atoms with Gasteiger partial charge in [-0.15, -0.1) is 0 Å². The first-order chi connectivity index (χ1) is 12.6. The molecular formula is C21H19BrN2O2. The predicted molar refractivity (Wildman–Crippen MR) is 105 cm³/mol. The molecule has 4 nitrogen and oxygen atoms in total. The average molecular weight is 411 g/mol. The zero-order valence-electron chi connectivity index (χ0n) is 14.4. The van der Waals surface area contributed by atoms with Crippen LogP contribution in [0.4, 0.5) is 0 Å². The number of carbonyl (C=O) groups is 1. The highest BCUT2D eigenvalue weighted by atomic mass is 79.9. The van der Waals surface area contributed by atoms with E-state index in [-0.39, 0.29) is 5.91 Å². The van der Waals surface area contributed by atoms with Crippen molar-refractivity contribution in [1.29, 1.82) is 0 Å². The van der Waals surface area contributed by atoms with E-state index in [2.05, 4.69) is 26.2 Å². The van der Waals surface area contributed by atoms with Gasteiger partial charge < -0.3 is 10.1 Å². The van der Waals surface area contributed by atoms with Crippen LogP contribution >= 0.6 is 15.9 Å². The number of amides is 1. The van der Waals surface area contributed by atoms with Crippen LogP contribution in [-0.4, -0.2) is 10.9 Å². The van der Waals surface area contributed by atoms with E-state index in [0.29, 0.717) is 24.5 Å². The first-order valence-corrected chi connectivity index (χ1v) is 9.08. The van der Waals surface area contributed by atoms with Crippen molar-refractivity contribution in [3.05, 3.63) is 93.7 Å². The number of hydrogen-bond acceptors (Lipinski definition) is 3. The van der Waals surface area contributed by atoms with Crippen molar-refractivity contribution in [2.75, 3.05) is 0 Å². The van der Waals surface area contributed by atoms with Crippen molar-refractivity contribution < 1.29 is 9.53 Å². The molecular weight excluding hydrogens is 392 g/mol. The van der Waals surface area contributed by atoms with Gasteiger partial charge in [-0.3, -0.25) is 9.78 Å². The number of carbonyl (C=O) groups excluding carboxylic acids is 1. The summed E-state index contributed by atoms with van der Waals surface area (Å²) in [5, 5.41) is 2.92. The fourth-order valence-corrected chi connectivity index (χ4v) is 2.83. The Kier molecular flexibility index (Phi) is 6.02. The van der Waals surface area contributed by atoms with Gasteiger partial charge in [0.2, 0.25) is 0 Å². The molecule has 1 amide bonds. The van der Waals surface area contributed by atoms with E-state index in [4.69, 9.17) is 4.74 Å². The maximum Gasteiger partial charge on any atom is 0.255 e. The lowest BCUT2D eigenvalue weighted by molar-refractivity contribution is 0.0946. The van der Waals surface area contributed by atoms with Gasteiger partial charge in [-0.25, -0.2) is 0 Å². The maximum absolute atomic E-state index is 12.6. The molecule has 3 aromatic rings. The highest BCUT2D eigenvalue weighted by molar-refractivity contribution is 9.10. The monoisotopic (exact) mass is 410 g/mol. The SMILES string of the molecule is Cc1ccc(CNC(=O)c2ccccc2OCc2ccccc2Br)cn1. The normalized spacial score (nSPS) is 10.4. The number of nitrogens with zero attached hydrogens (tertiary/aromatic N) is 1. The van der Waals surface area contributed by atoms with E-state index in [9.17, 15) is 4.79 Å². The Morgan fingerprint density at radius 3 is 2.62 bits per heavy atom. The van der Waals surface area contributed by atoms with Crippen LogP contribution in [0, 0.1) is 6.92 Å². The number of aryl methyl sites for hydroxylation is 1. The van der Waals surface area contributed by atoms with Gasteiger partial charge in [0.1, 0.15) is 12.4 Å². The fourth-order valence-electron chi connectivity index (χ4n) is 2.43. The second kappa shape index (κ2) is 8.63. The van der Waals surface area contributed by atoms with Crippen LogP contribution < -0.4 is 10.1 Å². The molecule has 26 heavy (non-hydrogen) atoms. The summed E-state index contributed by atoms with van der Waals surface area (Å²) in [6.07, 6.45) is 1.77. The average Bonchev–Trinajstić information content (AvgIpc) is 2.67. The highest BCUT2D eigenvalue weighted by Crippen LogP contribution is 2.22.